The molecule has 0 spiro atoms. The summed E-state index contributed by atoms with van der Waals surface area (Å²) in [7, 11) is 0. The second kappa shape index (κ2) is 5.32. The minimum Gasteiger partial charge on any atom is -0.360 e. The molecular weight excluding hydrogens is 329 g/mol. The molecule has 1 saturated carbocycles. The maximum absolute atomic E-state index is 12.5. The van der Waals surface area contributed by atoms with Crippen LogP contribution in [0, 0.1) is 0 Å². The van der Waals surface area contributed by atoms with Gasteiger partial charge in [0.25, 0.3) is 5.91 Å². The second-order valence-electron chi connectivity index (χ2n) is 6.08. The van der Waals surface area contributed by atoms with Crippen molar-refractivity contribution in [3.8, 4) is 0 Å². The number of amides is 1. The van der Waals surface area contributed by atoms with Crippen molar-refractivity contribution in [2.75, 3.05) is 13.1 Å². The van der Waals surface area contributed by atoms with Crippen LogP contribution in [0.1, 0.15) is 59.1 Å². The van der Waals surface area contributed by atoms with Gasteiger partial charge in [0.15, 0.2) is 11.5 Å². The second-order valence-corrected chi connectivity index (χ2v) is 6.08. The van der Waals surface area contributed by atoms with Crippen molar-refractivity contribution >= 4 is 5.91 Å². The van der Waals surface area contributed by atoms with Gasteiger partial charge in [0.05, 0.1) is 0 Å². The number of alkyl halides is 3. The molecule has 2 aliphatic rings. The van der Waals surface area contributed by atoms with Gasteiger partial charge in [0, 0.05) is 31.0 Å². The maximum Gasteiger partial charge on any atom is 0.471 e. The Bertz CT molecular complexity index is 765. The van der Waals surface area contributed by atoms with Gasteiger partial charge in [-0.3, -0.25) is 4.79 Å². The number of carbonyl (C=O) groups excluding carboxylic acids is 1. The monoisotopic (exact) mass is 342 g/mol. The predicted molar refractivity (Wildman–Crippen MR) is 71.0 cm³/mol. The van der Waals surface area contributed by atoms with E-state index < -0.39 is 12.1 Å². The van der Waals surface area contributed by atoms with Crippen molar-refractivity contribution in [3.05, 3.63) is 29.2 Å². The largest absolute Gasteiger partial charge is 0.471 e. The van der Waals surface area contributed by atoms with E-state index in [2.05, 4.69) is 19.8 Å². The van der Waals surface area contributed by atoms with E-state index in [1.807, 2.05) is 0 Å². The van der Waals surface area contributed by atoms with E-state index in [9.17, 15) is 18.0 Å². The molecule has 1 aliphatic heterocycles. The molecule has 0 unspecified atom stereocenters. The lowest BCUT2D eigenvalue weighted by atomic mass is 10.1. The lowest BCUT2D eigenvalue weighted by molar-refractivity contribution is -0.159. The number of aromatic nitrogens is 3. The van der Waals surface area contributed by atoms with Gasteiger partial charge >= 0.3 is 12.1 Å². The van der Waals surface area contributed by atoms with Crippen LogP contribution in [0.5, 0.6) is 0 Å². The number of carbonyl (C=O) groups is 1. The Morgan fingerprint density at radius 2 is 1.96 bits per heavy atom. The summed E-state index contributed by atoms with van der Waals surface area (Å²) in [6, 6.07) is 1.64. The molecule has 1 amide bonds. The average molecular weight is 342 g/mol. The molecule has 3 heterocycles. The molecule has 24 heavy (non-hydrogen) atoms. The van der Waals surface area contributed by atoms with Crippen LogP contribution in [-0.2, 0) is 6.18 Å². The molecule has 128 valence electrons. The SMILES string of the molecule is O=C(c1cc(C2CC2)on1)N1CC[C@H](c2noc(C(F)(F)F)n2)C1. The van der Waals surface area contributed by atoms with Gasteiger partial charge in [-0.25, -0.2) is 0 Å². The molecule has 1 aliphatic carbocycles. The third-order valence-corrected chi connectivity index (χ3v) is 4.25. The van der Waals surface area contributed by atoms with Crippen LogP contribution in [-0.4, -0.2) is 39.2 Å². The first-order valence-corrected chi connectivity index (χ1v) is 7.58. The Kier molecular flexibility index (Phi) is 3.36. The molecule has 1 saturated heterocycles. The molecule has 7 nitrogen and oxygen atoms in total. The first-order chi connectivity index (χ1) is 11.4. The summed E-state index contributed by atoms with van der Waals surface area (Å²) in [4.78, 5) is 17.3. The summed E-state index contributed by atoms with van der Waals surface area (Å²) < 4.78 is 46.9. The molecule has 0 radical (unpaired) electrons. The van der Waals surface area contributed by atoms with Crippen molar-refractivity contribution in [2.24, 2.45) is 0 Å². The third kappa shape index (κ3) is 2.76. The summed E-state index contributed by atoms with van der Waals surface area (Å²) in [5.41, 5.74) is 0.224. The fraction of sp³-hybridized carbons (Fsp3) is 0.571. The van der Waals surface area contributed by atoms with E-state index in [-0.39, 0.29) is 29.9 Å². The molecular formula is C14H13F3N4O3. The van der Waals surface area contributed by atoms with Crippen molar-refractivity contribution in [3.63, 3.8) is 0 Å². The molecule has 2 aromatic heterocycles. The Labute approximate surface area is 133 Å². The van der Waals surface area contributed by atoms with Gasteiger partial charge in [0.1, 0.15) is 5.76 Å². The lowest BCUT2D eigenvalue weighted by Gasteiger charge is -2.13. The van der Waals surface area contributed by atoms with Crippen LogP contribution in [0.4, 0.5) is 13.2 Å². The zero-order valence-corrected chi connectivity index (χ0v) is 12.4. The van der Waals surface area contributed by atoms with Crippen LogP contribution < -0.4 is 0 Å². The van der Waals surface area contributed by atoms with Gasteiger partial charge < -0.3 is 13.9 Å². The molecule has 0 aromatic carbocycles. The molecule has 2 aromatic rings. The van der Waals surface area contributed by atoms with E-state index >= 15 is 0 Å². The van der Waals surface area contributed by atoms with Gasteiger partial charge in [0.2, 0.25) is 0 Å². The summed E-state index contributed by atoms with van der Waals surface area (Å²) in [6.07, 6.45) is -2.13. The minimum absolute atomic E-state index is 0.0311. The highest BCUT2D eigenvalue weighted by Crippen LogP contribution is 2.40. The Morgan fingerprint density at radius 1 is 1.17 bits per heavy atom. The summed E-state index contributed by atoms with van der Waals surface area (Å²) in [5, 5.41) is 7.18. The fourth-order valence-corrected chi connectivity index (χ4v) is 2.78. The number of likely N-dealkylation sites (tertiary alicyclic amines) is 1. The smallest absolute Gasteiger partial charge is 0.360 e. The average Bonchev–Trinajstić information content (AvgIpc) is 3.02. The van der Waals surface area contributed by atoms with Crippen molar-refractivity contribution in [1.29, 1.82) is 0 Å². The normalized spacial score (nSPS) is 21.5. The zero-order chi connectivity index (χ0) is 16.9. The fourth-order valence-electron chi connectivity index (χ4n) is 2.78. The van der Waals surface area contributed by atoms with Crippen LogP contribution >= 0.6 is 0 Å². The Morgan fingerprint density at radius 3 is 2.62 bits per heavy atom. The Hall–Kier alpha value is -2.39. The first kappa shape index (κ1) is 15.2. The standard InChI is InChI=1S/C14H13F3N4O3/c15-14(16,17)13-18-11(20-24-13)8-3-4-21(6-8)12(22)9-5-10(23-19-9)7-1-2-7/h5,7-8H,1-4,6H2/t8-/m0/s1. The summed E-state index contributed by atoms with van der Waals surface area (Å²) in [5.74, 6) is -1.02. The van der Waals surface area contributed by atoms with Crippen LogP contribution in [0.15, 0.2) is 15.1 Å². The van der Waals surface area contributed by atoms with Crippen LogP contribution in [0.2, 0.25) is 0 Å². The lowest BCUT2D eigenvalue weighted by Crippen LogP contribution is -2.28. The number of rotatable bonds is 3. The molecule has 0 bridgehead atoms. The molecule has 0 N–H and O–H groups in total. The quantitative estimate of drug-likeness (QED) is 0.852. The topological polar surface area (TPSA) is 85.3 Å². The van der Waals surface area contributed by atoms with Gasteiger partial charge in [-0.1, -0.05) is 10.3 Å². The highest BCUT2D eigenvalue weighted by Gasteiger charge is 2.40. The summed E-state index contributed by atoms with van der Waals surface area (Å²) in [6.45, 7) is 0.617. The van der Waals surface area contributed by atoms with Gasteiger partial charge in [-0.2, -0.15) is 18.2 Å². The van der Waals surface area contributed by atoms with E-state index in [0.717, 1.165) is 12.8 Å². The van der Waals surface area contributed by atoms with E-state index in [1.54, 1.807) is 6.07 Å². The third-order valence-electron chi connectivity index (χ3n) is 4.25. The first-order valence-electron chi connectivity index (χ1n) is 7.58. The van der Waals surface area contributed by atoms with Gasteiger partial charge in [-0.05, 0) is 19.3 Å². The number of halogens is 3. The van der Waals surface area contributed by atoms with Gasteiger partial charge in [-0.15, -0.1) is 0 Å². The number of hydrogen-bond acceptors (Lipinski definition) is 6. The molecule has 10 heteroatoms. The van der Waals surface area contributed by atoms with Crippen LogP contribution in [0.3, 0.4) is 0 Å². The van der Waals surface area contributed by atoms with Crippen LogP contribution in [0.25, 0.3) is 0 Å². The molecule has 1 atom stereocenters. The van der Waals surface area contributed by atoms with Crippen molar-refractivity contribution in [2.45, 2.75) is 37.3 Å². The van der Waals surface area contributed by atoms with E-state index in [0.29, 0.717) is 24.6 Å². The van der Waals surface area contributed by atoms with Crippen molar-refractivity contribution in [1.82, 2.24) is 20.2 Å². The number of hydrogen-bond donors (Lipinski definition) is 0. The minimum atomic E-state index is -4.67. The number of nitrogens with zero attached hydrogens (tertiary/aromatic N) is 4. The Balaban J connectivity index is 1.43. The van der Waals surface area contributed by atoms with E-state index in [1.165, 1.54) is 4.90 Å². The molecule has 4 rings (SSSR count). The summed E-state index contributed by atoms with van der Waals surface area (Å²) >= 11 is 0. The van der Waals surface area contributed by atoms with Crippen molar-refractivity contribution < 1.29 is 27.0 Å². The van der Waals surface area contributed by atoms with E-state index in [4.69, 9.17) is 4.52 Å². The zero-order valence-electron chi connectivity index (χ0n) is 12.4. The maximum atomic E-state index is 12.5. The molecule has 2 fully saturated rings. The predicted octanol–water partition coefficient (Wildman–Crippen LogP) is 2.58. The highest BCUT2D eigenvalue weighted by molar-refractivity contribution is 5.92. The highest BCUT2D eigenvalue weighted by atomic mass is 19.4.